The molecule has 0 aromatic heterocycles. The van der Waals surface area contributed by atoms with Gasteiger partial charge in [0.15, 0.2) is 5.11 Å². The van der Waals surface area contributed by atoms with Gasteiger partial charge in [-0.1, -0.05) is 0 Å². The fourth-order valence-corrected chi connectivity index (χ4v) is 3.83. The van der Waals surface area contributed by atoms with E-state index in [1.807, 2.05) is 4.90 Å². The van der Waals surface area contributed by atoms with Crippen LogP contribution in [-0.2, 0) is 10.8 Å². The van der Waals surface area contributed by atoms with Gasteiger partial charge >= 0.3 is 0 Å². The van der Waals surface area contributed by atoms with Gasteiger partial charge in [0.25, 0.3) is 11.6 Å². The molecule has 1 aliphatic heterocycles. The summed E-state index contributed by atoms with van der Waals surface area (Å²) in [7, 11) is -1.08. The smallest absolute Gasteiger partial charge is 0.293 e. The zero-order chi connectivity index (χ0) is 21.0. The van der Waals surface area contributed by atoms with Gasteiger partial charge in [0.05, 0.1) is 4.92 Å². The summed E-state index contributed by atoms with van der Waals surface area (Å²) in [6.07, 6.45) is 3.57. The molecule has 2 N–H and O–H groups in total. The van der Waals surface area contributed by atoms with Crippen molar-refractivity contribution in [3.8, 4) is 0 Å². The topological polar surface area (TPSA) is 105 Å². The Morgan fingerprint density at radius 1 is 1.17 bits per heavy atom. The lowest BCUT2D eigenvalue weighted by atomic mass is 10.1. The Labute approximate surface area is 175 Å². The SMILES string of the molecule is CS(=O)c1ccc(NC(=S)NC(=O)c2ccc(N3CCCC3)c([N+](=O)[O-])c2)cc1. The number of nitrogens with one attached hydrogen (secondary N) is 2. The number of hydrogen-bond acceptors (Lipinski definition) is 6. The molecule has 0 radical (unpaired) electrons. The van der Waals surface area contributed by atoms with Crippen molar-refractivity contribution in [3.05, 3.63) is 58.1 Å². The van der Waals surface area contributed by atoms with Crippen molar-refractivity contribution < 1.29 is 13.9 Å². The Balaban J connectivity index is 1.69. The number of thiocarbonyl (C=S) groups is 1. The van der Waals surface area contributed by atoms with E-state index in [2.05, 4.69) is 10.6 Å². The number of nitrogens with zero attached hydrogens (tertiary/aromatic N) is 2. The van der Waals surface area contributed by atoms with Crippen LogP contribution in [0.5, 0.6) is 0 Å². The number of amides is 1. The Kier molecular flexibility index (Phi) is 6.55. The average molecular weight is 433 g/mol. The molecule has 1 amide bonds. The molecule has 2 aromatic carbocycles. The number of nitro benzene ring substituents is 1. The average Bonchev–Trinajstić information content (AvgIpc) is 3.22. The first-order chi connectivity index (χ1) is 13.8. The molecule has 1 saturated heterocycles. The summed E-state index contributed by atoms with van der Waals surface area (Å²) >= 11 is 5.15. The predicted molar refractivity (Wildman–Crippen MR) is 117 cm³/mol. The van der Waals surface area contributed by atoms with Gasteiger partial charge in [0.1, 0.15) is 5.69 Å². The summed E-state index contributed by atoms with van der Waals surface area (Å²) in [5, 5.41) is 16.9. The van der Waals surface area contributed by atoms with Crippen molar-refractivity contribution in [1.82, 2.24) is 5.32 Å². The lowest BCUT2D eigenvalue weighted by Crippen LogP contribution is -2.34. The lowest BCUT2D eigenvalue weighted by Gasteiger charge is -2.18. The monoisotopic (exact) mass is 432 g/mol. The van der Waals surface area contributed by atoms with Crippen LogP contribution in [0.25, 0.3) is 0 Å². The summed E-state index contributed by atoms with van der Waals surface area (Å²) < 4.78 is 11.4. The normalized spacial score (nSPS) is 14.3. The molecular weight excluding hydrogens is 412 g/mol. The van der Waals surface area contributed by atoms with Gasteiger partial charge in [0, 0.05) is 52.4 Å². The number of benzene rings is 2. The highest BCUT2D eigenvalue weighted by Gasteiger charge is 2.24. The molecule has 0 spiro atoms. The van der Waals surface area contributed by atoms with E-state index in [-0.39, 0.29) is 16.4 Å². The number of hydrogen-bond donors (Lipinski definition) is 2. The third kappa shape index (κ3) is 5.15. The maximum absolute atomic E-state index is 12.5. The Morgan fingerprint density at radius 2 is 1.83 bits per heavy atom. The third-order valence-electron chi connectivity index (χ3n) is 4.55. The Hall–Kier alpha value is -2.85. The highest BCUT2D eigenvalue weighted by molar-refractivity contribution is 7.84. The van der Waals surface area contributed by atoms with Crippen LogP contribution >= 0.6 is 12.2 Å². The first-order valence-corrected chi connectivity index (χ1v) is 10.9. The standard InChI is InChI=1S/C19H20N4O4S2/c1-29(27)15-7-5-14(6-8-15)20-19(28)21-18(24)13-4-9-16(17(12-13)23(25)26)22-10-2-3-11-22/h4-9,12H,2-3,10-11H2,1H3,(H2,20,21,24,28). The number of anilines is 2. The zero-order valence-electron chi connectivity index (χ0n) is 15.7. The molecule has 2 aromatic rings. The van der Waals surface area contributed by atoms with Crippen molar-refractivity contribution in [2.75, 3.05) is 29.6 Å². The summed E-state index contributed by atoms with van der Waals surface area (Å²) in [6.45, 7) is 1.54. The largest absolute Gasteiger partial charge is 0.366 e. The van der Waals surface area contributed by atoms with Crippen molar-refractivity contribution in [2.24, 2.45) is 0 Å². The minimum absolute atomic E-state index is 0.0617. The van der Waals surface area contributed by atoms with Gasteiger partial charge in [-0.15, -0.1) is 0 Å². The van der Waals surface area contributed by atoms with Gasteiger partial charge in [-0.2, -0.15) is 0 Å². The summed E-state index contributed by atoms with van der Waals surface area (Å²) in [5.41, 5.74) is 1.21. The molecule has 1 fully saturated rings. The second kappa shape index (κ2) is 9.10. The van der Waals surface area contributed by atoms with E-state index in [1.165, 1.54) is 6.07 Å². The number of rotatable bonds is 5. The second-order valence-electron chi connectivity index (χ2n) is 6.54. The summed E-state index contributed by atoms with van der Waals surface area (Å²) in [6, 6.07) is 11.2. The first-order valence-electron chi connectivity index (χ1n) is 8.94. The molecule has 1 aliphatic rings. The highest BCUT2D eigenvalue weighted by atomic mass is 32.2. The summed E-state index contributed by atoms with van der Waals surface area (Å²) in [5.74, 6) is -0.537. The molecule has 1 heterocycles. The van der Waals surface area contributed by atoms with Crippen LogP contribution in [0.2, 0.25) is 0 Å². The van der Waals surface area contributed by atoms with Crippen molar-refractivity contribution >= 4 is 51.1 Å². The van der Waals surface area contributed by atoms with Crippen LogP contribution in [0.3, 0.4) is 0 Å². The molecule has 3 rings (SSSR count). The number of nitro groups is 1. The van der Waals surface area contributed by atoms with Crippen LogP contribution in [0.4, 0.5) is 17.1 Å². The van der Waals surface area contributed by atoms with Gasteiger partial charge < -0.3 is 10.2 Å². The molecule has 152 valence electrons. The first kappa shape index (κ1) is 20.9. The van der Waals surface area contributed by atoms with Gasteiger partial charge in [0.2, 0.25) is 0 Å². The van der Waals surface area contributed by atoms with Crippen LogP contribution < -0.4 is 15.5 Å². The van der Waals surface area contributed by atoms with Crippen LogP contribution in [0.15, 0.2) is 47.4 Å². The molecule has 8 nitrogen and oxygen atoms in total. The maximum Gasteiger partial charge on any atom is 0.293 e. The molecule has 0 aliphatic carbocycles. The van der Waals surface area contributed by atoms with E-state index in [4.69, 9.17) is 12.2 Å². The van der Waals surface area contributed by atoms with E-state index in [0.717, 1.165) is 25.9 Å². The van der Waals surface area contributed by atoms with E-state index >= 15 is 0 Å². The predicted octanol–water partition coefficient (Wildman–Crippen LogP) is 3.06. The number of carbonyl (C=O) groups is 1. The fourth-order valence-electron chi connectivity index (χ4n) is 3.10. The Morgan fingerprint density at radius 3 is 2.41 bits per heavy atom. The fraction of sp³-hybridized carbons (Fsp3) is 0.263. The minimum atomic E-state index is -1.08. The van der Waals surface area contributed by atoms with Gasteiger partial charge in [-0.25, -0.2) is 0 Å². The van der Waals surface area contributed by atoms with Gasteiger partial charge in [-0.05, 0) is 61.5 Å². The van der Waals surface area contributed by atoms with E-state index in [0.29, 0.717) is 16.3 Å². The summed E-state index contributed by atoms with van der Waals surface area (Å²) in [4.78, 5) is 26.1. The van der Waals surface area contributed by atoms with Crippen LogP contribution in [0.1, 0.15) is 23.2 Å². The molecule has 0 bridgehead atoms. The van der Waals surface area contributed by atoms with E-state index in [1.54, 1.807) is 42.7 Å². The molecule has 10 heteroatoms. The number of carbonyl (C=O) groups excluding carboxylic acids is 1. The van der Waals surface area contributed by atoms with Crippen molar-refractivity contribution in [3.63, 3.8) is 0 Å². The van der Waals surface area contributed by atoms with Crippen molar-refractivity contribution in [2.45, 2.75) is 17.7 Å². The molecule has 0 saturated carbocycles. The molecule has 1 atom stereocenters. The molecule has 1 unspecified atom stereocenters. The van der Waals surface area contributed by atoms with Crippen molar-refractivity contribution in [1.29, 1.82) is 0 Å². The quantitative estimate of drug-likeness (QED) is 0.425. The van der Waals surface area contributed by atoms with Gasteiger partial charge in [-0.3, -0.25) is 24.4 Å². The van der Waals surface area contributed by atoms with Crippen LogP contribution in [0, 0.1) is 10.1 Å². The lowest BCUT2D eigenvalue weighted by molar-refractivity contribution is -0.384. The molecular formula is C19H20N4O4S2. The van der Waals surface area contributed by atoms with E-state index in [9.17, 15) is 19.1 Å². The molecule has 29 heavy (non-hydrogen) atoms. The Bertz CT molecular complexity index is 973. The van der Waals surface area contributed by atoms with E-state index < -0.39 is 21.6 Å². The third-order valence-corrected chi connectivity index (χ3v) is 5.69. The maximum atomic E-state index is 12.5. The second-order valence-corrected chi connectivity index (χ2v) is 8.33. The highest BCUT2D eigenvalue weighted by Crippen LogP contribution is 2.31. The zero-order valence-corrected chi connectivity index (χ0v) is 17.3. The van der Waals surface area contributed by atoms with Crippen LogP contribution in [-0.4, -0.2) is 39.5 Å². The minimum Gasteiger partial charge on any atom is -0.366 e.